The summed E-state index contributed by atoms with van der Waals surface area (Å²) in [5, 5.41) is 8.60. The van der Waals surface area contributed by atoms with Gasteiger partial charge in [0.1, 0.15) is 17.0 Å². The second-order valence-electron chi connectivity index (χ2n) is 8.11. The maximum atomic E-state index is 14.3. The Morgan fingerprint density at radius 2 is 1.74 bits per heavy atom. The highest BCUT2D eigenvalue weighted by atomic mass is 32.1. The molecule has 0 spiro atoms. The zero-order chi connectivity index (χ0) is 23.6. The summed E-state index contributed by atoms with van der Waals surface area (Å²) >= 11 is 1.58. The number of fused-ring (bicyclic) bond motifs is 2. The van der Waals surface area contributed by atoms with Crippen molar-refractivity contribution in [2.24, 2.45) is 5.10 Å². The number of anilines is 1. The molecule has 6 rings (SSSR count). The summed E-state index contributed by atoms with van der Waals surface area (Å²) in [5.74, 6) is 0.446. The number of nitrogens with one attached hydrogen (secondary N) is 1. The van der Waals surface area contributed by atoms with Crippen LogP contribution in [0.15, 0.2) is 102 Å². The monoisotopic (exact) mass is 477 g/mol. The number of hydrogen-bond acceptors (Lipinski definition) is 5. The smallest absolute Gasteiger partial charge is 0.159 e. The van der Waals surface area contributed by atoms with Gasteiger partial charge in [-0.05, 0) is 17.7 Å². The average molecular weight is 478 g/mol. The third kappa shape index (κ3) is 4.06. The van der Waals surface area contributed by atoms with Crippen LogP contribution >= 0.6 is 11.3 Å². The molecule has 3 heterocycles. The first-order valence-electron chi connectivity index (χ1n) is 11.2. The van der Waals surface area contributed by atoms with Crippen LogP contribution in [0.25, 0.3) is 32.2 Å². The molecule has 6 aromatic rings. The van der Waals surface area contributed by atoms with E-state index in [-0.39, 0.29) is 5.82 Å². The number of nitrogens with zero attached hydrogens (tertiary/aromatic N) is 4. The summed E-state index contributed by atoms with van der Waals surface area (Å²) in [6.45, 7) is 0.441. The maximum Gasteiger partial charge on any atom is 0.159 e. The lowest BCUT2D eigenvalue weighted by molar-refractivity contribution is 0.602. The second-order valence-corrected chi connectivity index (χ2v) is 8.97. The minimum Gasteiger partial charge on any atom is -0.342 e. The first-order valence-corrected chi connectivity index (χ1v) is 12.0. The third-order valence-corrected chi connectivity index (χ3v) is 6.83. The molecule has 0 fully saturated rings. The van der Waals surface area contributed by atoms with E-state index < -0.39 is 0 Å². The fourth-order valence-corrected chi connectivity index (χ4v) is 5.19. The third-order valence-electron chi connectivity index (χ3n) is 5.95. The molecule has 3 aromatic carbocycles. The van der Waals surface area contributed by atoms with Crippen LogP contribution in [0.1, 0.15) is 11.1 Å². The number of aromatic nitrogens is 3. The number of halogens is 1. The van der Waals surface area contributed by atoms with E-state index in [0.29, 0.717) is 17.9 Å². The molecule has 5 nitrogen and oxygen atoms in total. The molecule has 0 saturated carbocycles. The van der Waals surface area contributed by atoms with Crippen molar-refractivity contribution >= 4 is 44.5 Å². The molecule has 35 heavy (non-hydrogen) atoms. The fourth-order valence-electron chi connectivity index (χ4n) is 4.27. The van der Waals surface area contributed by atoms with Gasteiger partial charge in [0, 0.05) is 39.2 Å². The molecular formula is C28H20FN5S. The van der Waals surface area contributed by atoms with Gasteiger partial charge in [-0.3, -0.25) is 5.43 Å². The summed E-state index contributed by atoms with van der Waals surface area (Å²) in [6.07, 6.45) is 5.33. The molecular weight excluding hydrogens is 457 g/mol. The first-order chi connectivity index (χ1) is 17.3. The Kier molecular flexibility index (Phi) is 5.52. The largest absolute Gasteiger partial charge is 0.342 e. The predicted molar refractivity (Wildman–Crippen MR) is 142 cm³/mol. The highest BCUT2D eigenvalue weighted by Crippen LogP contribution is 2.36. The number of hydrazone groups is 1. The average Bonchev–Trinajstić information content (AvgIpc) is 3.49. The van der Waals surface area contributed by atoms with Gasteiger partial charge >= 0.3 is 0 Å². The van der Waals surface area contributed by atoms with Crippen LogP contribution in [0.2, 0.25) is 0 Å². The van der Waals surface area contributed by atoms with Crippen molar-refractivity contribution in [2.75, 3.05) is 5.43 Å². The molecule has 0 amide bonds. The molecule has 0 unspecified atom stereocenters. The first kappa shape index (κ1) is 21.2. The van der Waals surface area contributed by atoms with Gasteiger partial charge in [0.25, 0.3) is 0 Å². The van der Waals surface area contributed by atoms with E-state index in [0.717, 1.165) is 37.8 Å². The van der Waals surface area contributed by atoms with Crippen molar-refractivity contribution in [1.82, 2.24) is 14.5 Å². The second kappa shape index (κ2) is 9.12. The van der Waals surface area contributed by atoms with Crippen LogP contribution in [-0.4, -0.2) is 20.7 Å². The molecule has 0 bridgehead atoms. The van der Waals surface area contributed by atoms with E-state index in [4.69, 9.17) is 0 Å². The van der Waals surface area contributed by atoms with E-state index in [1.54, 1.807) is 29.9 Å². The Hall–Kier alpha value is -4.36. The Balaban J connectivity index is 1.33. The van der Waals surface area contributed by atoms with Gasteiger partial charge in [0.15, 0.2) is 5.82 Å². The van der Waals surface area contributed by atoms with E-state index in [1.807, 2.05) is 65.4 Å². The summed E-state index contributed by atoms with van der Waals surface area (Å²) in [5.41, 5.74) is 7.90. The van der Waals surface area contributed by atoms with Gasteiger partial charge in [-0.15, -0.1) is 11.3 Å². The van der Waals surface area contributed by atoms with Crippen LogP contribution in [0, 0.1) is 5.82 Å². The Labute approximate surface area is 205 Å². The van der Waals surface area contributed by atoms with Crippen molar-refractivity contribution in [1.29, 1.82) is 0 Å². The molecule has 0 aliphatic carbocycles. The van der Waals surface area contributed by atoms with Gasteiger partial charge in [0.05, 0.1) is 18.1 Å². The molecule has 0 aliphatic heterocycles. The Morgan fingerprint density at radius 1 is 0.943 bits per heavy atom. The van der Waals surface area contributed by atoms with Gasteiger partial charge in [-0.1, -0.05) is 66.7 Å². The normalized spacial score (nSPS) is 11.6. The molecule has 0 saturated heterocycles. The number of thiophene rings is 1. The molecule has 0 radical (unpaired) electrons. The molecule has 1 N–H and O–H groups in total. The van der Waals surface area contributed by atoms with Crippen molar-refractivity contribution in [3.05, 3.63) is 114 Å². The predicted octanol–water partition coefficient (Wildman–Crippen LogP) is 6.95. The standard InChI is InChI=1S/C28H20FN5S/c29-24-12-6-4-10-20(24)15-34-16-21(22-11-5-7-13-25(22)34)14-32-33-27-26-23(19-8-2-1-3-9-19)17-35-28(26)31-18-30-27/h1-14,16-18H,15H2,(H,30,31,33)/b32-14-. The summed E-state index contributed by atoms with van der Waals surface area (Å²) in [4.78, 5) is 9.78. The zero-order valence-electron chi connectivity index (χ0n) is 18.6. The number of hydrogen-bond donors (Lipinski definition) is 1. The highest BCUT2D eigenvalue weighted by Gasteiger charge is 2.13. The SMILES string of the molecule is Fc1ccccc1Cn1cc(/C=N\Nc2ncnc3scc(-c4ccccc4)c23)c2ccccc21. The molecule has 7 heteroatoms. The van der Waals surface area contributed by atoms with Gasteiger partial charge in [-0.25, -0.2) is 14.4 Å². The highest BCUT2D eigenvalue weighted by molar-refractivity contribution is 7.17. The van der Waals surface area contributed by atoms with E-state index in [9.17, 15) is 4.39 Å². The maximum absolute atomic E-state index is 14.3. The van der Waals surface area contributed by atoms with Crippen LogP contribution < -0.4 is 5.43 Å². The van der Waals surface area contributed by atoms with Crippen molar-refractivity contribution in [3.63, 3.8) is 0 Å². The van der Waals surface area contributed by atoms with Crippen LogP contribution in [0.5, 0.6) is 0 Å². The van der Waals surface area contributed by atoms with Crippen LogP contribution in [0.3, 0.4) is 0 Å². The van der Waals surface area contributed by atoms with Crippen LogP contribution in [0.4, 0.5) is 10.2 Å². The van der Waals surface area contributed by atoms with Gasteiger partial charge in [-0.2, -0.15) is 5.10 Å². The number of rotatable bonds is 6. The van der Waals surface area contributed by atoms with Gasteiger partial charge < -0.3 is 4.57 Å². The quantitative estimate of drug-likeness (QED) is 0.209. The van der Waals surface area contributed by atoms with E-state index >= 15 is 0 Å². The minimum atomic E-state index is -0.208. The van der Waals surface area contributed by atoms with Crippen molar-refractivity contribution < 1.29 is 4.39 Å². The summed E-state index contributed by atoms with van der Waals surface area (Å²) in [6, 6.07) is 25.1. The molecule has 0 atom stereocenters. The molecule has 0 aliphatic rings. The lowest BCUT2D eigenvalue weighted by atomic mass is 10.1. The van der Waals surface area contributed by atoms with Crippen LogP contribution in [-0.2, 0) is 6.54 Å². The summed E-state index contributed by atoms with van der Waals surface area (Å²) < 4.78 is 16.3. The lowest BCUT2D eigenvalue weighted by Gasteiger charge is -2.06. The van der Waals surface area contributed by atoms with E-state index in [1.165, 1.54) is 6.07 Å². The molecule has 170 valence electrons. The Bertz CT molecular complexity index is 1670. The number of para-hydroxylation sites is 1. The fraction of sp³-hybridized carbons (Fsp3) is 0.0357. The zero-order valence-corrected chi connectivity index (χ0v) is 19.4. The van der Waals surface area contributed by atoms with Crippen molar-refractivity contribution in [3.8, 4) is 11.1 Å². The lowest BCUT2D eigenvalue weighted by Crippen LogP contribution is -2.00. The Morgan fingerprint density at radius 3 is 2.63 bits per heavy atom. The number of benzene rings is 3. The topological polar surface area (TPSA) is 55.1 Å². The van der Waals surface area contributed by atoms with Gasteiger partial charge in [0.2, 0.25) is 0 Å². The van der Waals surface area contributed by atoms with E-state index in [2.05, 4.69) is 38.0 Å². The minimum absolute atomic E-state index is 0.208. The van der Waals surface area contributed by atoms with Crippen molar-refractivity contribution in [2.45, 2.75) is 6.54 Å². The summed E-state index contributed by atoms with van der Waals surface area (Å²) in [7, 11) is 0. The molecule has 3 aromatic heterocycles.